The van der Waals surface area contributed by atoms with E-state index in [0.717, 1.165) is 12.0 Å². The largest absolute Gasteiger partial charge is 0.492 e. The number of ether oxygens (including phenoxy) is 2. The second kappa shape index (κ2) is 10.0. The number of anilines is 1. The smallest absolute Gasteiger partial charge is 0.262 e. The van der Waals surface area contributed by atoms with Crippen molar-refractivity contribution in [3.63, 3.8) is 0 Å². The zero-order valence-electron chi connectivity index (χ0n) is 18.6. The summed E-state index contributed by atoms with van der Waals surface area (Å²) in [6.07, 6.45) is 0.785. The lowest BCUT2D eigenvalue weighted by Gasteiger charge is -2.13. The van der Waals surface area contributed by atoms with Gasteiger partial charge < -0.3 is 19.2 Å². The molecule has 33 heavy (non-hydrogen) atoms. The molecule has 1 heterocycles. The number of fused-ring (bicyclic) bond motifs is 1. The third-order valence-corrected chi connectivity index (χ3v) is 5.17. The highest BCUT2D eigenvalue weighted by Gasteiger charge is 2.19. The van der Waals surface area contributed by atoms with Crippen molar-refractivity contribution in [1.82, 2.24) is 0 Å². The van der Waals surface area contributed by atoms with Crippen LogP contribution in [-0.4, -0.2) is 19.1 Å². The fourth-order valence-corrected chi connectivity index (χ4v) is 3.53. The summed E-state index contributed by atoms with van der Waals surface area (Å²) in [5.41, 5.74) is 2.40. The van der Waals surface area contributed by atoms with Crippen LogP contribution >= 0.6 is 0 Å². The number of para-hydroxylation sites is 2. The van der Waals surface area contributed by atoms with E-state index in [1.807, 2.05) is 56.3 Å². The van der Waals surface area contributed by atoms with Gasteiger partial charge in [-0.2, -0.15) is 0 Å². The molecule has 0 saturated heterocycles. The van der Waals surface area contributed by atoms with Crippen LogP contribution in [0.2, 0.25) is 0 Å². The number of rotatable bonds is 8. The lowest BCUT2D eigenvalue weighted by molar-refractivity contribution is -0.118. The van der Waals surface area contributed by atoms with Crippen LogP contribution in [-0.2, 0) is 11.2 Å². The maximum absolute atomic E-state index is 13.4. The number of benzene rings is 3. The van der Waals surface area contributed by atoms with E-state index >= 15 is 0 Å². The Morgan fingerprint density at radius 3 is 2.45 bits per heavy atom. The summed E-state index contributed by atoms with van der Waals surface area (Å²) in [5.74, 6) is 0.452. The van der Waals surface area contributed by atoms with Crippen molar-refractivity contribution in [2.45, 2.75) is 20.3 Å². The Labute approximate surface area is 191 Å². The fraction of sp³-hybridized carbons (Fsp3) is 0.185. The molecule has 0 unspecified atom stereocenters. The molecule has 6 heteroatoms. The highest BCUT2D eigenvalue weighted by atomic mass is 16.5. The Kier molecular flexibility index (Phi) is 6.74. The lowest BCUT2D eigenvalue weighted by atomic mass is 10.1. The van der Waals surface area contributed by atoms with E-state index in [9.17, 15) is 9.59 Å². The minimum absolute atomic E-state index is 0.00944. The number of nitrogens with one attached hydrogen (secondary N) is 1. The topological polar surface area (TPSA) is 77.8 Å². The van der Waals surface area contributed by atoms with E-state index in [2.05, 4.69) is 5.32 Å². The van der Waals surface area contributed by atoms with Crippen molar-refractivity contribution in [2.24, 2.45) is 0 Å². The molecule has 168 valence electrons. The molecule has 4 rings (SSSR count). The van der Waals surface area contributed by atoms with Gasteiger partial charge in [0.05, 0.1) is 17.7 Å². The van der Waals surface area contributed by atoms with Crippen molar-refractivity contribution in [1.29, 1.82) is 0 Å². The zero-order valence-corrected chi connectivity index (χ0v) is 18.6. The predicted molar refractivity (Wildman–Crippen MR) is 129 cm³/mol. The highest BCUT2D eigenvalue weighted by Crippen LogP contribution is 2.31. The number of amides is 1. The molecule has 3 aromatic carbocycles. The summed E-state index contributed by atoms with van der Waals surface area (Å²) in [5, 5.41) is 3.20. The molecule has 0 atom stereocenters. The maximum atomic E-state index is 13.4. The van der Waals surface area contributed by atoms with E-state index in [4.69, 9.17) is 13.9 Å². The first-order valence-electron chi connectivity index (χ1n) is 10.9. The number of hydrogen-bond donors (Lipinski definition) is 1. The van der Waals surface area contributed by atoms with E-state index < -0.39 is 5.91 Å². The molecule has 0 bridgehead atoms. The molecule has 0 radical (unpaired) electrons. The van der Waals surface area contributed by atoms with Gasteiger partial charge in [-0.25, -0.2) is 0 Å². The number of carbonyl (C=O) groups is 1. The van der Waals surface area contributed by atoms with Gasteiger partial charge in [-0.05, 0) is 43.2 Å². The van der Waals surface area contributed by atoms with E-state index in [0.29, 0.717) is 40.3 Å². The minimum Gasteiger partial charge on any atom is -0.492 e. The van der Waals surface area contributed by atoms with Crippen LogP contribution in [0, 0.1) is 0 Å². The summed E-state index contributed by atoms with van der Waals surface area (Å²) in [4.78, 5) is 26.0. The van der Waals surface area contributed by atoms with Crippen LogP contribution in [0.15, 0.2) is 82.0 Å². The summed E-state index contributed by atoms with van der Waals surface area (Å²) < 4.78 is 17.4. The zero-order chi connectivity index (χ0) is 23.2. The van der Waals surface area contributed by atoms with Gasteiger partial charge in [0.15, 0.2) is 12.4 Å². The van der Waals surface area contributed by atoms with Crippen LogP contribution in [0.5, 0.6) is 11.5 Å². The predicted octanol–water partition coefficient (Wildman–Crippen LogP) is 5.44. The molecule has 4 aromatic rings. The van der Waals surface area contributed by atoms with Crippen LogP contribution in [0.1, 0.15) is 19.4 Å². The normalized spacial score (nSPS) is 10.7. The van der Waals surface area contributed by atoms with E-state index in [1.54, 1.807) is 30.3 Å². The van der Waals surface area contributed by atoms with Gasteiger partial charge >= 0.3 is 0 Å². The summed E-state index contributed by atoms with van der Waals surface area (Å²) in [6.45, 7) is 4.00. The molecular formula is C27H25NO5. The van der Waals surface area contributed by atoms with Gasteiger partial charge in [0.1, 0.15) is 11.3 Å². The second-order valence-corrected chi connectivity index (χ2v) is 7.41. The molecule has 0 aliphatic heterocycles. The summed E-state index contributed by atoms with van der Waals surface area (Å²) in [6, 6.07) is 21.9. The fourth-order valence-electron chi connectivity index (χ4n) is 3.53. The van der Waals surface area contributed by atoms with Gasteiger partial charge in [0.25, 0.3) is 5.91 Å². The molecule has 0 fully saturated rings. The molecule has 0 spiro atoms. The number of hydrogen-bond acceptors (Lipinski definition) is 5. The first-order chi connectivity index (χ1) is 16.1. The molecule has 1 N–H and O–H groups in total. The quantitative estimate of drug-likeness (QED) is 0.392. The third kappa shape index (κ3) is 4.90. The van der Waals surface area contributed by atoms with Gasteiger partial charge in [-0.3, -0.25) is 9.59 Å². The molecule has 1 aromatic heterocycles. The molecule has 0 aliphatic rings. The summed E-state index contributed by atoms with van der Waals surface area (Å²) >= 11 is 0. The van der Waals surface area contributed by atoms with Crippen molar-refractivity contribution in [3.8, 4) is 22.8 Å². The third-order valence-electron chi connectivity index (χ3n) is 5.17. The Hall–Kier alpha value is -4.06. The second-order valence-electron chi connectivity index (χ2n) is 7.41. The van der Waals surface area contributed by atoms with Gasteiger partial charge in [-0.1, -0.05) is 55.5 Å². The van der Waals surface area contributed by atoms with Crippen LogP contribution in [0.25, 0.3) is 22.3 Å². The van der Waals surface area contributed by atoms with Gasteiger partial charge in [-0.15, -0.1) is 0 Å². The average molecular weight is 443 g/mol. The maximum Gasteiger partial charge on any atom is 0.262 e. The van der Waals surface area contributed by atoms with Crippen LogP contribution < -0.4 is 20.2 Å². The molecular weight excluding hydrogens is 418 g/mol. The van der Waals surface area contributed by atoms with E-state index in [1.165, 1.54) is 0 Å². The Bertz CT molecular complexity index is 1330. The number of carbonyl (C=O) groups excluding carboxylic acids is 1. The molecule has 6 nitrogen and oxygen atoms in total. The van der Waals surface area contributed by atoms with Crippen molar-refractivity contribution in [2.75, 3.05) is 18.5 Å². The van der Waals surface area contributed by atoms with E-state index in [-0.39, 0.29) is 17.8 Å². The van der Waals surface area contributed by atoms with Crippen LogP contribution in [0.3, 0.4) is 0 Å². The Morgan fingerprint density at radius 2 is 1.70 bits per heavy atom. The molecule has 0 aliphatic carbocycles. The SMILES string of the molecule is CCOc1ccccc1NC(=O)COc1c(-c2ccccc2)oc2ccc(CC)cc2c1=O. The van der Waals surface area contributed by atoms with Gasteiger partial charge in [0, 0.05) is 5.56 Å². The molecule has 0 saturated carbocycles. The standard InChI is InChI=1S/C27H25NO5/c1-3-18-14-15-22-20(16-18)25(30)27(26(33-22)19-10-6-5-7-11-19)32-17-24(29)28-21-12-8-9-13-23(21)31-4-2/h5-16H,3-4,17H2,1-2H3,(H,28,29). The monoisotopic (exact) mass is 443 g/mol. The van der Waals surface area contributed by atoms with Crippen molar-refractivity contribution >= 4 is 22.6 Å². The first kappa shape index (κ1) is 22.1. The van der Waals surface area contributed by atoms with Crippen LogP contribution in [0.4, 0.5) is 5.69 Å². The summed E-state index contributed by atoms with van der Waals surface area (Å²) in [7, 11) is 0. The van der Waals surface area contributed by atoms with Crippen molar-refractivity contribution < 1.29 is 18.7 Å². The lowest BCUT2D eigenvalue weighted by Crippen LogP contribution is -2.23. The highest BCUT2D eigenvalue weighted by molar-refractivity contribution is 5.93. The van der Waals surface area contributed by atoms with Gasteiger partial charge in [0.2, 0.25) is 11.2 Å². The minimum atomic E-state index is -0.414. The first-order valence-corrected chi connectivity index (χ1v) is 10.9. The van der Waals surface area contributed by atoms with Crippen molar-refractivity contribution in [3.05, 3.63) is 88.6 Å². The Morgan fingerprint density at radius 1 is 0.939 bits per heavy atom. The average Bonchev–Trinajstić information content (AvgIpc) is 2.85. The molecule has 1 amide bonds. The Balaban J connectivity index is 1.67. The number of aryl methyl sites for hydroxylation is 1.